The number of carboxylic acids is 1. The normalized spacial score (nSPS) is 15.6. The van der Waals surface area contributed by atoms with Crippen LogP contribution in [0.1, 0.15) is 15.9 Å². The quantitative estimate of drug-likeness (QED) is 0.647. The van der Waals surface area contributed by atoms with Crippen molar-refractivity contribution in [1.29, 1.82) is 0 Å². The van der Waals surface area contributed by atoms with E-state index in [0.29, 0.717) is 9.87 Å². The van der Waals surface area contributed by atoms with E-state index >= 15 is 0 Å². The van der Waals surface area contributed by atoms with E-state index in [1.54, 1.807) is 0 Å². The Bertz CT molecular complexity index is 1170. The van der Waals surface area contributed by atoms with Crippen molar-refractivity contribution in [3.05, 3.63) is 53.6 Å². The molecule has 12 heteroatoms. The first kappa shape index (κ1) is 19.8. The van der Waals surface area contributed by atoms with E-state index in [1.165, 1.54) is 43.4 Å². The lowest BCUT2D eigenvalue weighted by molar-refractivity contribution is 0.0696. The van der Waals surface area contributed by atoms with Gasteiger partial charge in [0.2, 0.25) is 10.0 Å². The summed E-state index contributed by atoms with van der Waals surface area (Å²) in [6, 6.07) is 7.81. The summed E-state index contributed by atoms with van der Waals surface area (Å²) in [6.07, 6.45) is 0. The van der Waals surface area contributed by atoms with Gasteiger partial charge in [0.05, 0.1) is 22.7 Å². The minimum atomic E-state index is -4.30. The number of carbonyl (C=O) groups excluding carboxylic acids is 1. The number of hydrogen-bond acceptors (Lipinski definition) is 6. The van der Waals surface area contributed by atoms with Gasteiger partial charge < -0.3 is 10.4 Å². The Morgan fingerprint density at radius 2 is 1.82 bits per heavy atom. The standard InChI is InChI=1S/C16H15N3O7S2/c1-17-27(23,24)12-5-2-10(3-6-12)9-19-16(22)18-13-7-4-11(15(20)21)8-14(13)28(19,25)26/h2-8,17H,9H2,1H3,(H,18,22)(H,20,21). The van der Waals surface area contributed by atoms with Crippen LogP contribution in [0.2, 0.25) is 0 Å². The molecule has 2 aromatic carbocycles. The maximum absolute atomic E-state index is 12.8. The molecule has 0 aliphatic carbocycles. The third-order valence-corrected chi connectivity index (χ3v) is 7.29. The number of fused-ring (bicyclic) bond motifs is 1. The highest BCUT2D eigenvalue weighted by atomic mass is 32.2. The van der Waals surface area contributed by atoms with Crippen molar-refractivity contribution in [2.24, 2.45) is 0 Å². The van der Waals surface area contributed by atoms with Crippen LogP contribution in [-0.4, -0.2) is 45.3 Å². The maximum Gasteiger partial charge on any atom is 0.336 e. The van der Waals surface area contributed by atoms with Crippen molar-refractivity contribution < 1.29 is 31.5 Å². The van der Waals surface area contributed by atoms with Crippen LogP contribution in [0, 0.1) is 0 Å². The summed E-state index contributed by atoms with van der Waals surface area (Å²) in [5.74, 6) is -1.30. The highest BCUT2D eigenvalue weighted by molar-refractivity contribution is 7.90. The Kier molecular flexibility index (Phi) is 4.87. The fourth-order valence-corrected chi connectivity index (χ4v) is 4.82. The minimum Gasteiger partial charge on any atom is -0.478 e. The molecule has 10 nitrogen and oxygen atoms in total. The Balaban J connectivity index is 1.96. The van der Waals surface area contributed by atoms with Crippen LogP contribution in [0.5, 0.6) is 0 Å². The van der Waals surface area contributed by atoms with Gasteiger partial charge in [0.1, 0.15) is 4.90 Å². The van der Waals surface area contributed by atoms with E-state index in [2.05, 4.69) is 10.0 Å². The highest BCUT2D eigenvalue weighted by Gasteiger charge is 2.37. The predicted molar refractivity (Wildman–Crippen MR) is 97.8 cm³/mol. The highest BCUT2D eigenvalue weighted by Crippen LogP contribution is 2.32. The number of anilines is 1. The van der Waals surface area contributed by atoms with Gasteiger partial charge in [-0.2, -0.15) is 0 Å². The molecule has 0 unspecified atom stereocenters. The number of carbonyl (C=O) groups is 2. The van der Waals surface area contributed by atoms with Crippen molar-refractivity contribution in [1.82, 2.24) is 9.03 Å². The minimum absolute atomic E-state index is 0.0123. The molecule has 0 bridgehead atoms. The van der Waals surface area contributed by atoms with Gasteiger partial charge in [0, 0.05) is 0 Å². The topological polar surface area (TPSA) is 150 Å². The molecule has 28 heavy (non-hydrogen) atoms. The van der Waals surface area contributed by atoms with Gasteiger partial charge in [0.25, 0.3) is 10.0 Å². The molecule has 3 rings (SSSR count). The molecule has 0 spiro atoms. The average molecular weight is 425 g/mol. The van der Waals surface area contributed by atoms with Crippen molar-refractivity contribution in [3.8, 4) is 0 Å². The van der Waals surface area contributed by atoms with Crippen LogP contribution in [-0.2, 0) is 26.6 Å². The molecule has 0 saturated heterocycles. The van der Waals surface area contributed by atoms with E-state index in [4.69, 9.17) is 5.11 Å². The van der Waals surface area contributed by atoms with Gasteiger partial charge in [-0.3, -0.25) is 0 Å². The van der Waals surface area contributed by atoms with Crippen LogP contribution in [0.3, 0.4) is 0 Å². The second-order valence-electron chi connectivity index (χ2n) is 5.81. The predicted octanol–water partition coefficient (Wildman–Crippen LogP) is 1.03. The van der Waals surface area contributed by atoms with E-state index < -0.39 is 32.0 Å². The van der Waals surface area contributed by atoms with Gasteiger partial charge >= 0.3 is 12.0 Å². The summed E-state index contributed by atoms with van der Waals surface area (Å²) >= 11 is 0. The Morgan fingerprint density at radius 3 is 2.39 bits per heavy atom. The number of nitrogens with one attached hydrogen (secondary N) is 2. The van der Waals surface area contributed by atoms with Gasteiger partial charge in [-0.1, -0.05) is 12.1 Å². The monoisotopic (exact) mass is 425 g/mol. The van der Waals surface area contributed by atoms with E-state index in [9.17, 15) is 26.4 Å². The summed E-state index contributed by atoms with van der Waals surface area (Å²) in [5.41, 5.74) is 0.119. The summed E-state index contributed by atoms with van der Waals surface area (Å²) in [4.78, 5) is 23.1. The molecular formula is C16H15N3O7S2. The molecule has 1 aliphatic rings. The van der Waals surface area contributed by atoms with E-state index in [0.717, 1.165) is 6.07 Å². The molecule has 2 aromatic rings. The zero-order valence-corrected chi connectivity index (χ0v) is 16.0. The summed E-state index contributed by atoms with van der Waals surface area (Å²) < 4.78 is 51.9. The average Bonchev–Trinajstić information content (AvgIpc) is 2.65. The SMILES string of the molecule is CNS(=O)(=O)c1ccc(CN2C(=O)Nc3ccc(C(=O)O)cc3S2(=O)=O)cc1. The number of amides is 2. The number of sulfonamides is 2. The molecule has 0 saturated carbocycles. The van der Waals surface area contributed by atoms with Crippen molar-refractivity contribution in [3.63, 3.8) is 0 Å². The molecular weight excluding hydrogens is 410 g/mol. The lowest BCUT2D eigenvalue weighted by Gasteiger charge is -2.29. The van der Waals surface area contributed by atoms with Crippen molar-refractivity contribution >= 4 is 37.7 Å². The maximum atomic E-state index is 12.8. The molecule has 0 fully saturated rings. The van der Waals surface area contributed by atoms with Crippen LogP contribution in [0.4, 0.5) is 10.5 Å². The third kappa shape index (κ3) is 3.44. The zero-order chi connectivity index (χ0) is 20.7. The molecule has 2 amide bonds. The van der Waals surface area contributed by atoms with Crippen molar-refractivity contribution in [2.45, 2.75) is 16.3 Å². The molecule has 0 aromatic heterocycles. The Morgan fingerprint density at radius 1 is 1.18 bits per heavy atom. The van der Waals surface area contributed by atoms with Crippen LogP contribution in [0.15, 0.2) is 52.3 Å². The number of nitrogens with zero attached hydrogens (tertiary/aromatic N) is 1. The van der Waals surface area contributed by atoms with Gasteiger partial charge in [-0.05, 0) is 42.9 Å². The number of aromatic carboxylic acids is 1. The first-order chi connectivity index (χ1) is 13.1. The second-order valence-corrected chi connectivity index (χ2v) is 9.53. The van der Waals surface area contributed by atoms with Gasteiger partial charge in [0.15, 0.2) is 0 Å². The second kappa shape index (κ2) is 6.89. The smallest absolute Gasteiger partial charge is 0.336 e. The fourth-order valence-electron chi connectivity index (χ4n) is 2.59. The number of benzene rings is 2. The van der Waals surface area contributed by atoms with Crippen LogP contribution >= 0.6 is 0 Å². The molecule has 148 valence electrons. The molecule has 1 heterocycles. The van der Waals surface area contributed by atoms with Crippen LogP contribution in [0.25, 0.3) is 0 Å². The molecule has 3 N–H and O–H groups in total. The number of carboxylic acid groups (broad SMARTS) is 1. The summed E-state index contributed by atoms with van der Waals surface area (Å²) in [7, 11) is -6.69. The summed E-state index contributed by atoms with van der Waals surface area (Å²) in [6.45, 7) is -0.356. The molecule has 1 aliphatic heterocycles. The van der Waals surface area contributed by atoms with E-state index in [-0.39, 0.29) is 27.6 Å². The number of urea groups is 1. The van der Waals surface area contributed by atoms with Gasteiger partial charge in [-0.25, -0.2) is 35.5 Å². The van der Waals surface area contributed by atoms with Crippen molar-refractivity contribution in [2.75, 3.05) is 12.4 Å². The lowest BCUT2D eigenvalue weighted by atomic mass is 10.2. The Hall–Kier alpha value is -2.96. The first-order valence-electron chi connectivity index (χ1n) is 7.80. The first-order valence-corrected chi connectivity index (χ1v) is 10.7. The third-order valence-electron chi connectivity index (χ3n) is 4.09. The fraction of sp³-hybridized carbons (Fsp3) is 0.125. The summed E-state index contributed by atoms with van der Waals surface area (Å²) in [5, 5.41) is 11.5. The number of rotatable bonds is 5. The Labute approximate surface area is 160 Å². The molecule has 0 atom stereocenters. The van der Waals surface area contributed by atoms with Crippen LogP contribution < -0.4 is 10.0 Å². The zero-order valence-electron chi connectivity index (χ0n) is 14.4. The lowest BCUT2D eigenvalue weighted by Crippen LogP contribution is -2.43. The largest absolute Gasteiger partial charge is 0.478 e. The van der Waals surface area contributed by atoms with Gasteiger partial charge in [-0.15, -0.1) is 0 Å². The number of hydrogen-bond donors (Lipinski definition) is 3. The van der Waals surface area contributed by atoms with E-state index in [1.807, 2.05) is 0 Å². The molecule has 0 radical (unpaired) electrons.